The Morgan fingerprint density at radius 2 is 1.55 bits per heavy atom. The smallest absolute Gasteiger partial charge is 0.325 e. The number of carbonyl (C=O) groups is 5. The van der Waals surface area contributed by atoms with Gasteiger partial charge in [0.25, 0.3) is 5.91 Å². The molecule has 3 aromatic rings. The van der Waals surface area contributed by atoms with Gasteiger partial charge in [-0.25, -0.2) is 4.79 Å². The zero-order chi connectivity index (χ0) is 27.4. The molecule has 0 spiro atoms. The fraction of sp³-hybridized carbons (Fsp3) is 0.250. The molecule has 3 aromatic carbocycles. The van der Waals surface area contributed by atoms with Crippen molar-refractivity contribution in [3.05, 3.63) is 72.3 Å². The van der Waals surface area contributed by atoms with Gasteiger partial charge in [-0.3, -0.25) is 24.1 Å². The van der Waals surface area contributed by atoms with Gasteiger partial charge in [-0.15, -0.1) is 0 Å². The lowest BCUT2D eigenvalue weighted by atomic mass is 9.90. The highest BCUT2D eigenvalue weighted by molar-refractivity contribution is 6.09. The quantitative estimate of drug-likeness (QED) is 0.397. The van der Waals surface area contributed by atoms with Crippen LogP contribution in [0.15, 0.2) is 66.7 Å². The van der Waals surface area contributed by atoms with Crippen molar-refractivity contribution in [2.75, 3.05) is 30.3 Å². The minimum absolute atomic E-state index is 0.207. The summed E-state index contributed by atoms with van der Waals surface area (Å²) in [5.74, 6) is -1.71. The number of rotatable bonds is 8. The van der Waals surface area contributed by atoms with E-state index in [2.05, 4.69) is 16.0 Å². The number of urea groups is 1. The third-order valence-electron chi connectivity index (χ3n) is 6.45. The van der Waals surface area contributed by atoms with Crippen LogP contribution in [0.2, 0.25) is 0 Å². The third-order valence-corrected chi connectivity index (χ3v) is 6.45. The van der Waals surface area contributed by atoms with Crippen molar-refractivity contribution < 1.29 is 24.0 Å². The molecule has 0 aromatic heterocycles. The van der Waals surface area contributed by atoms with Crippen molar-refractivity contribution in [2.45, 2.75) is 26.3 Å². The monoisotopic (exact) mass is 515 g/mol. The summed E-state index contributed by atoms with van der Waals surface area (Å²) in [4.78, 5) is 65.0. The van der Waals surface area contributed by atoms with Gasteiger partial charge in [0.05, 0.1) is 6.54 Å². The lowest BCUT2D eigenvalue weighted by molar-refractivity contribution is -0.140. The van der Waals surface area contributed by atoms with E-state index < -0.39 is 35.8 Å². The molecule has 10 heteroatoms. The molecular formula is C28H29N5O5. The SMILES string of the molecule is CCN(CC(=O)Nc1ccc(NC(C)=O)cc1)C(=O)CN1C(=O)N[C@](C)(c2ccc3ccccc3c2)C1=O. The van der Waals surface area contributed by atoms with Gasteiger partial charge in [-0.1, -0.05) is 36.4 Å². The van der Waals surface area contributed by atoms with Crippen LogP contribution in [0.25, 0.3) is 10.8 Å². The number of benzene rings is 3. The Balaban J connectivity index is 1.40. The van der Waals surface area contributed by atoms with Gasteiger partial charge in [0.2, 0.25) is 17.7 Å². The molecule has 0 unspecified atom stereocenters. The molecular weight excluding hydrogens is 486 g/mol. The van der Waals surface area contributed by atoms with Crippen molar-refractivity contribution in [2.24, 2.45) is 0 Å². The number of nitrogens with zero attached hydrogens (tertiary/aromatic N) is 2. The Hall–Kier alpha value is -4.73. The number of likely N-dealkylation sites (N-methyl/N-ethyl adjacent to an activating group) is 1. The fourth-order valence-electron chi connectivity index (χ4n) is 4.36. The predicted molar refractivity (Wildman–Crippen MR) is 143 cm³/mol. The highest BCUT2D eigenvalue weighted by atomic mass is 16.2. The first-order valence-electron chi connectivity index (χ1n) is 12.2. The Bertz CT molecular complexity index is 1420. The highest BCUT2D eigenvalue weighted by Crippen LogP contribution is 2.31. The number of fused-ring (bicyclic) bond motifs is 1. The van der Waals surface area contributed by atoms with E-state index in [9.17, 15) is 24.0 Å². The number of nitrogens with one attached hydrogen (secondary N) is 3. The summed E-state index contributed by atoms with van der Waals surface area (Å²) in [6.45, 7) is 4.19. The van der Waals surface area contributed by atoms with Crippen LogP contribution in [0.5, 0.6) is 0 Å². The fourth-order valence-corrected chi connectivity index (χ4v) is 4.36. The van der Waals surface area contributed by atoms with Crippen LogP contribution in [0, 0.1) is 0 Å². The summed E-state index contributed by atoms with van der Waals surface area (Å²) >= 11 is 0. The van der Waals surface area contributed by atoms with Crippen LogP contribution in [0.1, 0.15) is 26.3 Å². The standard InChI is InChI=1S/C28H29N5O5/c1-4-32(16-24(35)30-23-13-11-22(12-14-23)29-18(2)34)25(36)17-33-26(37)28(3,31-27(33)38)21-10-9-19-7-5-6-8-20(19)15-21/h5-15H,4,16-17H2,1-3H3,(H,29,34)(H,30,35)(H,31,38)/t28-/m1/s1. The van der Waals surface area contributed by atoms with Gasteiger partial charge >= 0.3 is 6.03 Å². The van der Waals surface area contributed by atoms with E-state index in [-0.39, 0.29) is 19.0 Å². The number of anilines is 2. The molecule has 0 saturated carbocycles. The third kappa shape index (κ3) is 5.49. The number of amides is 6. The second kappa shape index (κ2) is 10.7. The van der Waals surface area contributed by atoms with Crippen molar-refractivity contribution in [3.63, 3.8) is 0 Å². The van der Waals surface area contributed by atoms with Gasteiger partial charge in [-0.05, 0) is 60.5 Å². The van der Waals surface area contributed by atoms with Crippen molar-refractivity contribution >= 4 is 51.8 Å². The van der Waals surface area contributed by atoms with Crippen LogP contribution in [-0.2, 0) is 24.7 Å². The van der Waals surface area contributed by atoms with Crippen LogP contribution in [-0.4, -0.2) is 59.1 Å². The van der Waals surface area contributed by atoms with Crippen LogP contribution in [0.4, 0.5) is 16.2 Å². The van der Waals surface area contributed by atoms with E-state index in [0.717, 1.165) is 15.7 Å². The molecule has 0 bridgehead atoms. The van der Waals surface area contributed by atoms with Crippen LogP contribution >= 0.6 is 0 Å². The topological polar surface area (TPSA) is 128 Å². The summed E-state index contributed by atoms with van der Waals surface area (Å²) in [6, 6.07) is 19.1. The summed E-state index contributed by atoms with van der Waals surface area (Å²) in [5, 5.41) is 9.99. The van der Waals surface area contributed by atoms with Crippen molar-refractivity contribution in [1.82, 2.24) is 15.1 Å². The molecule has 1 fully saturated rings. The molecule has 1 saturated heterocycles. The van der Waals surface area contributed by atoms with E-state index >= 15 is 0 Å². The number of imide groups is 1. The molecule has 38 heavy (non-hydrogen) atoms. The van der Waals surface area contributed by atoms with Gasteiger partial charge in [0.15, 0.2) is 0 Å². The van der Waals surface area contributed by atoms with E-state index in [1.54, 1.807) is 44.2 Å². The summed E-state index contributed by atoms with van der Waals surface area (Å²) in [6.07, 6.45) is 0. The molecule has 0 aliphatic carbocycles. The zero-order valence-corrected chi connectivity index (χ0v) is 21.4. The van der Waals surface area contributed by atoms with Crippen molar-refractivity contribution in [1.29, 1.82) is 0 Å². The maximum absolute atomic E-state index is 13.3. The average Bonchev–Trinajstić information content (AvgIpc) is 3.11. The normalized spacial score (nSPS) is 16.8. The molecule has 196 valence electrons. The first-order valence-corrected chi connectivity index (χ1v) is 12.2. The first-order chi connectivity index (χ1) is 18.1. The molecule has 6 amide bonds. The Morgan fingerprint density at radius 1 is 0.921 bits per heavy atom. The minimum Gasteiger partial charge on any atom is -0.332 e. The first kappa shape index (κ1) is 26.3. The molecule has 0 radical (unpaired) electrons. The second-order valence-corrected chi connectivity index (χ2v) is 9.22. The maximum atomic E-state index is 13.3. The molecule has 3 N–H and O–H groups in total. The van der Waals surface area contributed by atoms with Gasteiger partial charge in [-0.2, -0.15) is 0 Å². The Labute approximate surface area is 220 Å². The van der Waals surface area contributed by atoms with E-state index in [4.69, 9.17) is 0 Å². The predicted octanol–water partition coefficient (Wildman–Crippen LogP) is 3.05. The summed E-state index contributed by atoms with van der Waals surface area (Å²) < 4.78 is 0. The summed E-state index contributed by atoms with van der Waals surface area (Å²) in [7, 11) is 0. The number of hydrogen-bond donors (Lipinski definition) is 3. The zero-order valence-electron chi connectivity index (χ0n) is 21.4. The van der Waals surface area contributed by atoms with E-state index in [0.29, 0.717) is 16.9 Å². The minimum atomic E-state index is -1.32. The van der Waals surface area contributed by atoms with Crippen LogP contribution < -0.4 is 16.0 Å². The van der Waals surface area contributed by atoms with Crippen LogP contribution in [0.3, 0.4) is 0 Å². The average molecular weight is 516 g/mol. The lowest BCUT2D eigenvalue weighted by Gasteiger charge is -2.24. The molecule has 1 heterocycles. The largest absolute Gasteiger partial charge is 0.332 e. The second-order valence-electron chi connectivity index (χ2n) is 9.22. The molecule has 1 atom stereocenters. The van der Waals surface area contributed by atoms with Gasteiger partial charge in [0.1, 0.15) is 12.1 Å². The molecule has 10 nitrogen and oxygen atoms in total. The Morgan fingerprint density at radius 3 is 2.18 bits per heavy atom. The van der Waals surface area contributed by atoms with Crippen molar-refractivity contribution in [3.8, 4) is 0 Å². The highest BCUT2D eigenvalue weighted by Gasteiger charge is 2.49. The molecule has 1 aliphatic rings. The van der Waals surface area contributed by atoms with Gasteiger partial charge < -0.3 is 20.9 Å². The van der Waals surface area contributed by atoms with Gasteiger partial charge in [0, 0.05) is 24.8 Å². The lowest BCUT2D eigenvalue weighted by Crippen LogP contribution is -2.46. The van der Waals surface area contributed by atoms with E-state index in [1.165, 1.54) is 11.8 Å². The van der Waals surface area contributed by atoms with E-state index in [1.807, 2.05) is 36.4 Å². The molecule has 1 aliphatic heterocycles. The number of hydrogen-bond acceptors (Lipinski definition) is 5. The molecule has 4 rings (SSSR count). The Kier molecular flexibility index (Phi) is 7.43. The number of carbonyl (C=O) groups excluding carboxylic acids is 5. The maximum Gasteiger partial charge on any atom is 0.325 e. The summed E-state index contributed by atoms with van der Waals surface area (Å²) in [5.41, 5.74) is 0.373.